The lowest BCUT2D eigenvalue weighted by Crippen LogP contribution is -2.47. The van der Waals surface area contributed by atoms with Crippen LogP contribution >= 0.6 is 0 Å². The SMILES string of the molecule is CCOc1cc(CN2CCCCC2C(N)=O)ccc1-c1ccc(F)cc1. The maximum Gasteiger partial charge on any atom is 0.234 e. The van der Waals surface area contributed by atoms with Crippen LogP contribution in [0.5, 0.6) is 5.75 Å². The molecule has 138 valence electrons. The zero-order valence-electron chi connectivity index (χ0n) is 15.1. The van der Waals surface area contributed by atoms with Crippen LogP contribution in [0.15, 0.2) is 42.5 Å². The van der Waals surface area contributed by atoms with E-state index in [0.717, 1.165) is 48.2 Å². The molecule has 1 fully saturated rings. The van der Waals surface area contributed by atoms with Crippen LogP contribution in [-0.2, 0) is 11.3 Å². The summed E-state index contributed by atoms with van der Waals surface area (Å²) in [6.07, 6.45) is 2.94. The topological polar surface area (TPSA) is 55.6 Å². The van der Waals surface area contributed by atoms with Crippen molar-refractivity contribution in [1.82, 2.24) is 4.90 Å². The number of amides is 1. The summed E-state index contributed by atoms with van der Waals surface area (Å²) in [7, 11) is 0. The van der Waals surface area contributed by atoms with Gasteiger partial charge < -0.3 is 10.5 Å². The van der Waals surface area contributed by atoms with Gasteiger partial charge in [-0.25, -0.2) is 4.39 Å². The minimum absolute atomic E-state index is 0.198. The van der Waals surface area contributed by atoms with Crippen molar-refractivity contribution in [1.29, 1.82) is 0 Å². The molecule has 0 radical (unpaired) electrons. The summed E-state index contributed by atoms with van der Waals surface area (Å²) in [5.74, 6) is 0.257. The lowest BCUT2D eigenvalue weighted by molar-refractivity contribution is -0.124. The van der Waals surface area contributed by atoms with Crippen LogP contribution in [0.4, 0.5) is 4.39 Å². The van der Waals surface area contributed by atoms with Crippen LogP contribution < -0.4 is 10.5 Å². The van der Waals surface area contributed by atoms with E-state index >= 15 is 0 Å². The Kier molecular flexibility index (Phi) is 5.89. The van der Waals surface area contributed by atoms with Crippen molar-refractivity contribution in [2.75, 3.05) is 13.2 Å². The number of primary amides is 1. The highest BCUT2D eigenvalue weighted by Crippen LogP contribution is 2.32. The minimum Gasteiger partial charge on any atom is -0.493 e. The van der Waals surface area contributed by atoms with Crippen LogP contribution in [0.2, 0.25) is 0 Å². The number of likely N-dealkylation sites (tertiary alicyclic amines) is 1. The molecule has 1 atom stereocenters. The molecule has 5 heteroatoms. The van der Waals surface area contributed by atoms with E-state index in [1.165, 1.54) is 12.1 Å². The Balaban J connectivity index is 1.86. The molecular weight excluding hydrogens is 331 g/mol. The number of piperidine rings is 1. The first kappa shape index (κ1) is 18.4. The fourth-order valence-corrected chi connectivity index (χ4v) is 3.54. The van der Waals surface area contributed by atoms with E-state index in [2.05, 4.69) is 4.90 Å². The van der Waals surface area contributed by atoms with Gasteiger partial charge >= 0.3 is 0 Å². The van der Waals surface area contributed by atoms with Gasteiger partial charge in [0.1, 0.15) is 11.6 Å². The Morgan fingerprint density at radius 1 is 1.23 bits per heavy atom. The average molecular weight is 356 g/mol. The number of ether oxygens (including phenoxy) is 1. The first-order chi connectivity index (χ1) is 12.6. The predicted molar refractivity (Wildman–Crippen MR) is 100 cm³/mol. The molecule has 3 rings (SSSR count). The Hall–Kier alpha value is -2.40. The van der Waals surface area contributed by atoms with Crippen molar-refractivity contribution in [3.63, 3.8) is 0 Å². The minimum atomic E-state index is -0.258. The molecule has 1 saturated heterocycles. The second-order valence-corrected chi connectivity index (χ2v) is 6.65. The number of rotatable bonds is 6. The first-order valence-electron chi connectivity index (χ1n) is 9.13. The normalized spacial score (nSPS) is 17.8. The van der Waals surface area contributed by atoms with Gasteiger partial charge in [0.25, 0.3) is 0 Å². The van der Waals surface area contributed by atoms with Gasteiger partial charge in [-0.3, -0.25) is 9.69 Å². The summed E-state index contributed by atoms with van der Waals surface area (Å²) in [5, 5.41) is 0. The molecule has 0 saturated carbocycles. The van der Waals surface area contributed by atoms with Gasteiger partial charge in [-0.05, 0) is 55.6 Å². The summed E-state index contributed by atoms with van der Waals surface area (Å²) in [6, 6.07) is 12.2. The van der Waals surface area contributed by atoms with Crippen LogP contribution in [0.1, 0.15) is 31.7 Å². The molecule has 1 unspecified atom stereocenters. The van der Waals surface area contributed by atoms with E-state index in [9.17, 15) is 9.18 Å². The summed E-state index contributed by atoms with van der Waals surface area (Å²) < 4.78 is 19.0. The highest BCUT2D eigenvalue weighted by atomic mass is 19.1. The van der Waals surface area contributed by atoms with Crippen LogP contribution in [0.3, 0.4) is 0 Å². The maximum atomic E-state index is 13.2. The van der Waals surface area contributed by atoms with Crippen molar-refractivity contribution in [3.05, 3.63) is 53.8 Å². The van der Waals surface area contributed by atoms with Crippen LogP contribution in [-0.4, -0.2) is 30.0 Å². The Morgan fingerprint density at radius 3 is 2.69 bits per heavy atom. The highest BCUT2D eigenvalue weighted by Gasteiger charge is 2.26. The Morgan fingerprint density at radius 2 is 2.00 bits per heavy atom. The fraction of sp³-hybridized carbons (Fsp3) is 0.381. The zero-order chi connectivity index (χ0) is 18.5. The Labute approximate surface area is 153 Å². The van der Waals surface area contributed by atoms with E-state index in [1.54, 1.807) is 12.1 Å². The molecule has 1 aliphatic heterocycles. The van der Waals surface area contributed by atoms with Gasteiger partial charge in [0.15, 0.2) is 0 Å². The molecular formula is C21H25FN2O2. The molecule has 1 heterocycles. The average Bonchev–Trinajstić information content (AvgIpc) is 2.63. The zero-order valence-corrected chi connectivity index (χ0v) is 15.1. The lowest BCUT2D eigenvalue weighted by Gasteiger charge is -2.33. The van der Waals surface area contributed by atoms with E-state index < -0.39 is 0 Å². The standard InChI is InChI=1S/C21H25FN2O2/c1-2-26-20-13-15(14-24-12-4-3-5-19(24)21(23)25)6-11-18(20)16-7-9-17(22)10-8-16/h6-11,13,19H,2-5,12,14H2,1H3,(H2,23,25). The summed E-state index contributed by atoms with van der Waals surface area (Å²) in [6.45, 7) is 4.02. The lowest BCUT2D eigenvalue weighted by atomic mass is 9.99. The highest BCUT2D eigenvalue weighted by molar-refractivity contribution is 5.80. The molecule has 1 aliphatic rings. The summed E-state index contributed by atoms with van der Waals surface area (Å²) >= 11 is 0. The number of hydrogen-bond donors (Lipinski definition) is 1. The second-order valence-electron chi connectivity index (χ2n) is 6.65. The monoisotopic (exact) mass is 356 g/mol. The molecule has 2 aromatic rings. The Bertz CT molecular complexity index is 761. The number of benzene rings is 2. The summed E-state index contributed by atoms with van der Waals surface area (Å²) in [5.41, 5.74) is 8.48. The van der Waals surface area contributed by atoms with Gasteiger partial charge in [-0.15, -0.1) is 0 Å². The van der Waals surface area contributed by atoms with Crippen molar-refractivity contribution < 1.29 is 13.9 Å². The third-order valence-electron chi connectivity index (χ3n) is 4.83. The molecule has 2 N–H and O–H groups in total. The van der Waals surface area contributed by atoms with Crippen LogP contribution in [0, 0.1) is 5.82 Å². The van der Waals surface area contributed by atoms with Crippen LogP contribution in [0.25, 0.3) is 11.1 Å². The molecule has 0 aliphatic carbocycles. The third kappa shape index (κ3) is 4.22. The number of carbonyl (C=O) groups excluding carboxylic acids is 1. The van der Waals surface area contributed by atoms with E-state index in [-0.39, 0.29) is 17.8 Å². The number of hydrogen-bond acceptors (Lipinski definition) is 3. The fourth-order valence-electron chi connectivity index (χ4n) is 3.54. The van der Waals surface area contributed by atoms with Gasteiger partial charge in [-0.1, -0.05) is 30.7 Å². The van der Waals surface area contributed by atoms with Crippen molar-refractivity contribution >= 4 is 5.91 Å². The quantitative estimate of drug-likeness (QED) is 0.858. The van der Waals surface area contributed by atoms with Crippen molar-refractivity contribution in [2.24, 2.45) is 5.73 Å². The van der Waals surface area contributed by atoms with Crippen molar-refractivity contribution in [2.45, 2.75) is 38.8 Å². The van der Waals surface area contributed by atoms with E-state index in [1.807, 2.05) is 25.1 Å². The largest absolute Gasteiger partial charge is 0.493 e. The van der Waals surface area contributed by atoms with Crippen molar-refractivity contribution in [3.8, 4) is 16.9 Å². The number of halogens is 1. The molecule has 0 aromatic heterocycles. The number of nitrogens with zero attached hydrogens (tertiary/aromatic N) is 1. The van der Waals surface area contributed by atoms with Gasteiger partial charge in [0.2, 0.25) is 5.91 Å². The predicted octanol–water partition coefficient (Wildman–Crippen LogP) is 3.73. The smallest absolute Gasteiger partial charge is 0.234 e. The maximum absolute atomic E-state index is 13.2. The van der Waals surface area contributed by atoms with E-state index in [0.29, 0.717) is 13.2 Å². The van der Waals surface area contributed by atoms with Gasteiger partial charge in [-0.2, -0.15) is 0 Å². The molecule has 2 aromatic carbocycles. The molecule has 0 spiro atoms. The molecule has 1 amide bonds. The van der Waals surface area contributed by atoms with Gasteiger partial charge in [0, 0.05) is 12.1 Å². The third-order valence-corrected chi connectivity index (χ3v) is 4.83. The molecule has 0 bridgehead atoms. The molecule has 26 heavy (non-hydrogen) atoms. The number of nitrogens with two attached hydrogens (primary N) is 1. The summed E-state index contributed by atoms with van der Waals surface area (Å²) in [4.78, 5) is 13.9. The second kappa shape index (κ2) is 8.32. The number of carbonyl (C=O) groups is 1. The van der Waals surface area contributed by atoms with Gasteiger partial charge in [0.05, 0.1) is 12.6 Å². The molecule has 4 nitrogen and oxygen atoms in total. The first-order valence-corrected chi connectivity index (χ1v) is 9.13. The van der Waals surface area contributed by atoms with E-state index in [4.69, 9.17) is 10.5 Å².